The van der Waals surface area contributed by atoms with Crippen LogP contribution in [-0.4, -0.2) is 26.1 Å². The molecular formula is C13H19FN2O3S. The van der Waals surface area contributed by atoms with E-state index in [1.807, 2.05) is 13.8 Å². The lowest BCUT2D eigenvalue weighted by molar-refractivity contribution is -0.119. The Labute approximate surface area is 118 Å². The quantitative estimate of drug-likeness (QED) is 0.634. The van der Waals surface area contributed by atoms with Crippen molar-refractivity contribution >= 4 is 21.4 Å². The topological polar surface area (TPSA) is 89.3 Å². The number of nitrogen functional groups attached to an aromatic ring is 1. The third-order valence-corrected chi connectivity index (χ3v) is 4.70. The summed E-state index contributed by atoms with van der Waals surface area (Å²) in [6.45, 7) is 5.62. The van der Waals surface area contributed by atoms with E-state index in [-0.39, 0.29) is 22.5 Å². The standard InChI is InChI=1S/C13H19FN2O3S/c1-8(2)9(3)16-13(17)7-20(18,19)12-5-4-10(14)6-11(12)15/h4-6,8-9H,7,15H2,1-3H3,(H,16,17). The Balaban J connectivity index is 2.87. The number of benzene rings is 1. The molecule has 20 heavy (non-hydrogen) atoms. The van der Waals surface area contributed by atoms with Crippen molar-refractivity contribution < 1.29 is 17.6 Å². The molecule has 5 nitrogen and oxygen atoms in total. The minimum Gasteiger partial charge on any atom is -0.398 e. The van der Waals surface area contributed by atoms with Gasteiger partial charge in [0.2, 0.25) is 5.91 Å². The van der Waals surface area contributed by atoms with Gasteiger partial charge in [0.15, 0.2) is 9.84 Å². The molecule has 0 saturated heterocycles. The Kier molecular flexibility index (Phi) is 5.10. The summed E-state index contributed by atoms with van der Waals surface area (Å²) >= 11 is 0. The van der Waals surface area contributed by atoms with E-state index in [1.54, 1.807) is 6.92 Å². The number of halogens is 1. The summed E-state index contributed by atoms with van der Waals surface area (Å²) in [5, 5.41) is 2.60. The molecule has 1 unspecified atom stereocenters. The van der Waals surface area contributed by atoms with Gasteiger partial charge in [-0.05, 0) is 31.0 Å². The van der Waals surface area contributed by atoms with Gasteiger partial charge in [0.05, 0.1) is 10.6 Å². The molecule has 1 aromatic carbocycles. The summed E-state index contributed by atoms with van der Waals surface area (Å²) in [7, 11) is -3.88. The van der Waals surface area contributed by atoms with Crippen LogP contribution in [0, 0.1) is 11.7 Å². The molecule has 112 valence electrons. The molecule has 0 radical (unpaired) electrons. The normalized spacial score (nSPS) is 13.2. The molecule has 0 saturated carbocycles. The summed E-state index contributed by atoms with van der Waals surface area (Å²) in [5.41, 5.74) is 5.28. The first-order valence-electron chi connectivity index (χ1n) is 6.20. The SMILES string of the molecule is CC(C)C(C)NC(=O)CS(=O)(=O)c1ccc(F)cc1N. The molecule has 0 fully saturated rings. The van der Waals surface area contributed by atoms with Gasteiger partial charge in [0, 0.05) is 6.04 Å². The van der Waals surface area contributed by atoms with E-state index < -0.39 is 27.3 Å². The monoisotopic (exact) mass is 302 g/mol. The highest BCUT2D eigenvalue weighted by atomic mass is 32.2. The molecule has 0 aliphatic carbocycles. The molecule has 0 aromatic heterocycles. The molecule has 1 atom stereocenters. The van der Waals surface area contributed by atoms with Gasteiger partial charge in [0.25, 0.3) is 0 Å². The Hall–Kier alpha value is -1.63. The number of nitrogens with two attached hydrogens (primary N) is 1. The van der Waals surface area contributed by atoms with E-state index in [0.717, 1.165) is 18.2 Å². The second-order valence-corrected chi connectivity index (χ2v) is 7.00. The maximum Gasteiger partial charge on any atom is 0.235 e. The molecule has 0 spiro atoms. The summed E-state index contributed by atoms with van der Waals surface area (Å²) in [6.07, 6.45) is 0. The summed E-state index contributed by atoms with van der Waals surface area (Å²) in [5.74, 6) is -1.74. The molecule has 0 heterocycles. The maximum atomic E-state index is 12.9. The number of amides is 1. The van der Waals surface area contributed by atoms with Crippen LogP contribution < -0.4 is 11.1 Å². The molecule has 1 aromatic rings. The largest absolute Gasteiger partial charge is 0.398 e. The highest BCUT2D eigenvalue weighted by molar-refractivity contribution is 7.92. The molecule has 0 bridgehead atoms. The minimum atomic E-state index is -3.88. The van der Waals surface area contributed by atoms with Gasteiger partial charge in [-0.15, -0.1) is 0 Å². The second-order valence-electron chi connectivity index (χ2n) is 5.04. The summed E-state index contributed by atoms with van der Waals surface area (Å²) in [4.78, 5) is 11.5. The Morgan fingerprint density at radius 1 is 1.35 bits per heavy atom. The Morgan fingerprint density at radius 2 is 1.95 bits per heavy atom. The third-order valence-electron chi connectivity index (χ3n) is 3.02. The van der Waals surface area contributed by atoms with Crippen LogP contribution in [0.3, 0.4) is 0 Å². The molecule has 0 aliphatic heterocycles. The number of anilines is 1. The van der Waals surface area contributed by atoms with E-state index in [1.165, 1.54) is 0 Å². The van der Waals surface area contributed by atoms with Crippen LogP contribution in [0.15, 0.2) is 23.1 Å². The average molecular weight is 302 g/mol. The zero-order chi connectivity index (χ0) is 15.5. The van der Waals surface area contributed by atoms with Gasteiger partial charge in [-0.1, -0.05) is 13.8 Å². The second kappa shape index (κ2) is 6.21. The number of hydrogen-bond acceptors (Lipinski definition) is 4. The first-order chi connectivity index (χ1) is 9.13. The van der Waals surface area contributed by atoms with Crippen molar-refractivity contribution in [1.29, 1.82) is 0 Å². The zero-order valence-corrected chi connectivity index (χ0v) is 12.5. The fourth-order valence-corrected chi connectivity index (χ4v) is 2.79. The predicted molar refractivity (Wildman–Crippen MR) is 75.3 cm³/mol. The molecule has 1 rings (SSSR count). The number of nitrogens with one attached hydrogen (secondary N) is 1. The Morgan fingerprint density at radius 3 is 2.45 bits per heavy atom. The van der Waals surface area contributed by atoms with E-state index in [9.17, 15) is 17.6 Å². The molecule has 1 amide bonds. The lowest BCUT2D eigenvalue weighted by atomic mass is 10.1. The van der Waals surface area contributed by atoms with E-state index in [0.29, 0.717) is 0 Å². The maximum absolute atomic E-state index is 12.9. The molecular weight excluding hydrogens is 283 g/mol. The van der Waals surface area contributed by atoms with Crippen molar-refractivity contribution in [3.63, 3.8) is 0 Å². The van der Waals surface area contributed by atoms with E-state index >= 15 is 0 Å². The molecule has 7 heteroatoms. The van der Waals surface area contributed by atoms with Gasteiger partial charge in [-0.25, -0.2) is 12.8 Å². The fourth-order valence-electron chi connectivity index (χ4n) is 1.52. The number of carbonyl (C=O) groups excluding carboxylic acids is 1. The highest BCUT2D eigenvalue weighted by Crippen LogP contribution is 2.20. The summed E-state index contributed by atoms with van der Waals surface area (Å²) in [6, 6.07) is 2.85. The van der Waals surface area contributed by atoms with Crippen molar-refractivity contribution in [2.75, 3.05) is 11.5 Å². The van der Waals surface area contributed by atoms with Crippen LogP contribution in [0.25, 0.3) is 0 Å². The van der Waals surface area contributed by atoms with Crippen molar-refractivity contribution in [2.45, 2.75) is 31.7 Å². The lowest BCUT2D eigenvalue weighted by Gasteiger charge is -2.17. The van der Waals surface area contributed by atoms with Crippen LogP contribution in [0.2, 0.25) is 0 Å². The zero-order valence-electron chi connectivity index (χ0n) is 11.7. The number of rotatable bonds is 5. The van der Waals surface area contributed by atoms with Crippen molar-refractivity contribution in [2.24, 2.45) is 5.92 Å². The van der Waals surface area contributed by atoms with E-state index in [4.69, 9.17) is 5.73 Å². The van der Waals surface area contributed by atoms with Crippen LogP contribution >= 0.6 is 0 Å². The van der Waals surface area contributed by atoms with Gasteiger partial charge >= 0.3 is 0 Å². The highest BCUT2D eigenvalue weighted by Gasteiger charge is 2.23. The number of hydrogen-bond donors (Lipinski definition) is 2. The smallest absolute Gasteiger partial charge is 0.235 e. The van der Waals surface area contributed by atoms with Crippen molar-refractivity contribution in [1.82, 2.24) is 5.32 Å². The Bertz CT molecular complexity index is 600. The number of carbonyl (C=O) groups is 1. The number of sulfone groups is 1. The minimum absolute atomic E-state index is 0.136. The van der Waals surface area contributed by atoms with Crippen LogP contribution in [0.4, 0.5) is 10.1 Å². The molecule has 0 aliphatic rings. The van der Waals surface area contributed by atoms with Crippen LogP contribution in [0.1, 0.15) is 20.8 Å². The third kappa shape index (κ3) is 4.19. The predicted octanol–water partition coefficient (Wildman–Crippen LogP) is 1.34. The first-order valence-corrected chi connectivity index (χ1v) is 7.86. The first kappa shape index (κ1) is 16.4. The van der Waals surface area contributed by atoms with Crippen molar-refractivity contribution in [3.05, 3.63) is 24.0 Å². The van der Waals surface area contributed by atoms with Crippen molar-refractivity contribution in [3.8, 4) is 0 Å². The van der Waals surface area contributed by atoms with Crippen LogP contribution in [-0.2, 0) is 14.6 Å². The van der Waals surface area contributed by atoms with Gasteiger partial charge in [-0.2, -0.15) is 0 Å². The van der Waals surface area contributed by atoms with Gasteiger partial charge in [-0.3, -0.25) is 4.79 Å². The van der Waals surface area contributed by atoms with Crippen LogP contribution in [0.5, 0.6) is 0 Å². The summed E-state index contributed by atoms with van der Waals surface area (Å²) < 4.78 is 37.0. The van der Waals surface area contributed by atoms with Gasteiger partial charge in [0.1, 0.15) is 11.6 Å². The average Bonchev–Trinajstić information content (AvgIpc) is 2.26. The van der Waals surface area contributed by atoms with Gasteiger partial charge < -0.3 is 11.1 Å². The van der Waals surface area contributed by atoms with E-state index in [2.05, 4.69) is 5.32 Å². The fraction of sp³-hybridized carbons (Fsp3) is 0.462. The molecule has 3 N–H and O–H groups in total. The lowest BCUT2D eigenvalue weighted by Crippen LogP contribution is -2.39.